The molecule has 6 nitrogen and oxygen atoms in total. The molecule has 1 rings (SSSR count). The van der Waals surface area contributed by atoms with Crippen LogP contribution in [0.5, 0.6) is 0 Å². The van der Waals surface area contributed by atoms with Crippen LogP contribution in [0.25, 0.3) is 0 Å². The van der Waals surface area contributed by atoms with Crippen molar-refractivity contribution in [3.8, 4) is 0 Å². The third-order valence-electron chi connectivity index (χ3n) is 2.65. The minimum absolute atomic E-state index is 0.0208. The van der Waals surface area contributed by atoms with Gasteiger partial charge >= 0.3 is 0 Å². The maximum atomic E-state index is 11.7. The topological polar surface area (TPSA) is 71.8 Å². The molecular weight excluding hydrogens is 230 g/mol. The molecule has 18 heavy (non-hydrogen) atoms. The van der Waals surface area contributed by atoms with Gasteiger partial charge in [-0.1, -0.05) is 6.92 Å². The lowest BCUT2D eigenvalue weighted by atomic mass is 10.3. The second kappa shape index (κ2) is 7.10. The number of carbonyl (C=O) groups is 1. The van der Waals surface area contributed by atoms with Crippen LogP contribution in [-0.4, -0.2) is 33.3 Å². The van der Waals surface area contributed by atoms with E-state index in [0.29, 0.717) is 13.1 Å². The molecule has 0 aliphatic heterocycles. The van der Waals surface area contributed by atoms with Crippen LogP contribution in [0.1, 0.15) is 46.0 Å². The molecule has 0 saturated carbocycles. The van der Waals surface area contributed by atoms with Gasteiger partial charge in [0.15, 0.2) is 0 Å². The van der Waals surface area contributed by atoms with Gasteiger partial charge in [-0.2, -0.15) is 5.10 Å². The van der Waals surface area contributed by atoms with Gasteiger partial charge in [0.05, 0.1) is 12.6 Å². The first-order valence-electron chi connectivity index (χ1n) is 6.45. The summed E-state index contributed by atoms with van der Waals surface area (Å²) in [6, 6.07) is 0.0439. The molecule has 1 aromatic rings. The SMILES string of the molecule is CCCNC(=O)C(C)NCc1ncnn1C(C)C. The maximum absolute atomic E-state index is 11.7. The molecule has 6 heteroatoms. The quantitative estimate of drug-likeness (QED) is 0.756. The zero-order chi connectivity index (χ0) is 13.5. The average molecular weight is 253 g/mol. The highest BCUT2D eigenvalue weighted by Crippen LogP contribution is 2.04. The Morgan fingerprint density at radius 1 is 1.44 bits per heavy atom. The molecule has 0 aromatic carbocycles. The summed E-state index contributed by atoms with van der Waals surface area (Å²) in [5, 5.41) is 10.2. The number of aromatic nitrogens is 3. The first kappa shape index (κ1) is 14.6. The van der Waals surface area contributed by atoms with E-state index in [9.17, 15) is 4.79 Å². The first-order chi connectivity index (χ1) is 8.56. The lowest BCUT2D eigenvalue weighted by Crippen LogP contribution is -2.42. The van der Waals surface area contributed by atoms with Gasteiger partial charge in [0.25, 0.3) is 0 Å². The normalized spacial score (nSPS) is 12.7. The minimum Gasteiger partial charge on any atom is -0.355 e. The van der Waals surface area contributed by atoms with Crippen LogP contribution < -0.4 is 10.6 Å². The van der Waals surface area contributed by atoms with Gasteiger partial charge in [0.1, 0.15) is 12.2 Å². The molecule has 0 radical (unpaired) electrons. The van der Waals surface area contributed by atoms with Crippen LogP contribution in [0.2, 0.25) is 0 Å². The number of hydrogen-bond acceptors (Lipinski definition) is 4. The summed E-state index contributed by atoms with van der Waals surface area (Å²) in [5.41, 5.74) is 0. The molecule has 102 valence electrons. The van der Waals surface area contributed by atoms with Crippen LogP contribution in [-0.2, 0) is 11.3 Å². The Morgan fingerprint density at radius 2 is 2.17 bits per heavy atom. The van der Waals surface area contributed by atoms with Gasteiger partial charge in [-0.3, -0.25) is 10.1 Å². The second-order valence-corrected chi connectivity index (χ2v) is 4.61. The van der Waals surface area contributed by atoms with Gasteiger partial charge in [-0.25, -0.2) is 9.67 Å². The Hall–Kier alpha value is -1.43. The van der Waals surface area contributed by atoms with Crippen molar-refractivity contribution in [2.45, 2.75) is 52.7 Å². The van der Waals surface area contributed by atoms with E-state index in [1.807, 2.05) is 18.5 Å². The molecule has 0 fully saturated rings. The molecule has 0 bridgehead atoms. The maximum Gasteiger partial charge on any atom is 0.236 e. The van der Waals surface area contributed by atoms with Crippen molar-refractivity contribution < 1.29 is 4.79 Å². The van der Waals surface area contributed by atoms with Crippen LogP contribution in [0.3, 0.4) is 0 Å². The van der Waals surface area contributed by atoms with Crippen molar-refractivity contribution in [2.24, 2.45) is 0 Å². The van der Waals surface area contributed by atoms with E-state index in [4.69, 9.17) is 0 Å². The van der Waals surface area contributed by atoms with Crippen molar-refractivity contribution in [3.63, 3.8) is 0 Å². The average Bonchev–Trinajstić information content (AvgIpc) is 2.81. The lowest BCUT2D eigenvalue weighted by Gasteiger charge is -2.14. The number of amides is 1. The zero-order valence-electron chi connectivity index (χ0n) is 11.6. The van der Waals surface area contributed by atoms with Crippen LogP contribution in [0.15, 0.2) is 6.33 Å². The third kappa shape index (κ3) is 4.10. The fourth-order valence-corrected chi connectivity index (χ4v) is 1.57. The molecule has 0 saturated heterocycles. The fraction of sp³-hybridized carbons (Fsp3) is 0.750. The number of carbonyl (C=O) groups excluding carboxylic acids is 1. The van der Waals surface area contributed by atoms with Crippen molar-refractivity contribution in [3.05, 3.63) is 12.2 Å². The second-order valence-electron chi connectivity index (χ2n) is 4.61. The lowest BCUT2D eigenvalue weighted by molar-refractivity contribution is -0.122. The summed E-state index contributed by atoms with van der Waals surface area (Å²) < 4.78 is 1.85. The molecular formula is C12H23N5O. The predicted octanol–water partition coefficient (Wildman–Crippen LogP) is 0.863. The Labute approximate surface area is 108 Å². The first-order valence-corrected chi connectivity index (χ1v) is 6.45. The van der Waals surface area contributed by atoms with Gasteiger partial charge in [-0.05, 0) is 27.2 Å². The third-order valence-corrected chi connectivity index (χ3v) is 2.65. The van der Waals surface area contributed by atoms with Crippen LogP contribution in [0, 0.1) is 0 Å². The molecule has 1 heterocycles. The molecule has 1 atom stereocenters. The standard InChI is InChI=1S/C12H23N5O/c1-5-6-13-12(18)10(4)14-7-11-15-8-16-17(11)9(2)3/h8-10,14H,5-7H2,1-4H3,(H,13,18). The van der Waals surface area contributed by atoms with E-state index >= 15 is 0 Å². The molecule has 1 aromatic heterocycles. The predicted molar refractivity (Wildman–Crippen MR) is 70.0 cm³/mol. The van der Waals surface area contributed by atoms with Gasteiger partial charge in [0, 0.05) is 12.6 Å². The van der Waals surface area contributed by atoms with Crippen LogP contribution >= 0.6 is 0 Å². The van der Waals surface area contributed by atoms with Gasteiger partial charge in [0.2, 0.25) is 5.91 Å². The van der Waals surface area contributed by atoms with E-state index in [-0.39, 0.29) is 18.0 Å². The van der Waals surface area contributed by atoms with E-state index in [0.717, 1.165) is 12.2 Å². The largest absolute Gasteiger partial charge is 0.355 e. The number of nitrogens with one attached hydrogen (secondary N) is 2. The molecule has 1 amide bonds. The molecule has 0 spiro atoms. The zero-order valence-corrected chi connectivity index (χ0v) is 11.6. The van der Waals surface area contributed by atoms with Gasteiger partial charge < -0.3 is 5.32 Å². The van der Waals surface area contributed by atoms with E-state index < -0.39 is 0 Å². The monoisotopic (exact) mass is 253 g/mol. The van der Waals surface area contributed by atoms with Crippen molar-refractivity contribution in [1.82, 2.24) is 25.4 Å². The van der Waals surface area contributed by atoms with E-state index in [1.54, 1.807) is 6.33 Å². The summed E-state index contributed by atoms with van der Waals surface area (Å²) in [4.78, 5) is 15.9. The summed E-state index contributed by atoms with van der Waals surface area (Å²) in [5.74, 6) is 0.868. The molecule has 0 aliphatic rings. The highest BCUT2D eigenvalue weighted by Gasteiger charge is 2.13. The van der Waals surface area contributed by atoms with E-state index in [1.165, 1.54) is 0 Å². The summed E-state index contributed by atoms with van der Waals surface area (Å²) in [7, 11) is 0. The van der Waals surface area contributed by atoms with Crippen molar-refractivity contribution in [2.75, 3.05) is 6.54 Å². The summed E-state index contributed by atoms with van der Waals surface area (Å²) in [6.07, 6.45) is 2.49. The Morgan fingerprint density at radius 3 is 2.78 bits per heavy atom. The molecule has 2 N–H and O–H groups in total. The Bertz CT molecular complexity index is 374. The number of hydrogen-bond donors (Lipinski definition) is 2. The van der Waals surface area contributed by atoms with E-state index in [2.05, 4.69) is 34.6 Å². The van der Waals surface area contributed by atoms with Gasteiger partial charge in [-0.15, -0.1) is 0 Å². The smallest absolute Gasteiger partial charge is 0.236 e. The minimum atomic E-state index is -0.228. The molecule has 0 aliphatic carbocycles. The number of rotatable bonds is 7. The van der Waals surface area contributed by atoms with Crippen molar-refractivity contribution >= 4 is 5.91 Å². The number of nitrogens with zero attached hydrogens (tertiary/aromatic N) is 3. The summed E-state index contributed by atoms with van der Waals surface area (Å²) >= 11 is 0. The van der Waals surface area contributed by atoms with Crippen LogP contribution in [0.4, 0.5) is 0 Å². The Kier molecular flexibility index (Phi) is 5.77. The Balaban J connectivity index is 2.44. The summed E-state index contributed by atoms with van der Waals surface area (Å²) in [6.45, 7) is 9.24. The highest BCUT2D eigenvalue weighted by molar-refractivity contribution is 5.81. The fourth-order valence-electron chi connectivity index (χ4n) is 1.57. The highest BCUT2D eigenvalue weighted by atomic mass is 16.2. The molecule has 1 unspecified atom stereocenters. The van der Waals surface area contributed by atoms with Crippen molar-refractivity contribution in [1.29, 1.82) is 0 Å².